The fourth-order valence-electron chi connectivity index (χ4n) is 1.45. The minimum atomic E-state index is -0.00190. The lowest BCUT2D eigenvalue weighted by Crippen LogP contribution is -2.13. The summed E-state index contributed by atoms with van der Waals surface area (Å²) in [5, 5.41) is 3.24. The van der Waals surface area contributed by atoms with Crippen molar-refractivity contribution in [2.24, 2.45) is 0 Å². The highest BCUT2D eigenvalue weighted by Crippen LogP contribution is 2.19. The van der Waals surface area contributed by atoms with Crippen LogP contribution in [0.25, 0.3) is 0 Å². The van der Waals surface area contributed by atoms with Gasteiger partial charge in [-0.15, -0.1) is 0 Å². The monoisotopic (exact) mass is 269 g/mol. The molecule has 1 amide bonds. The first-order chi connectivity index (χ1) is 7.21. The number of benzene rings is 1. The van der Waals surface area contributed by atoms with E-state index >= 15 is 0 Å². The van der Waals surface area contributed by atoms with E-state index in [4.69, 9.17) is 0 Å². The summed E-state index contributed by atoms with van der Waals surface area (Å²) < 4.78 is 0. The quantitative estimate of drug-likeness (QED) is 0.837. The van der Waals surface area contributed by atoms with Gasteiger partial charge in [0, 0.05) is 5.69 Å². The Kier molecular flexibility index (Phi) is 4.82. The summed E-state index contributed by atoms with van der Waals surface area (Å²) >= 11 is 3.14. The zero-order valence-electron chi connectivity index (χ0n) is 9.14. The number of halogens is 1. The number of rotatable bonds is 4. The van der Waals surface area contributed by atoms with Crippen LogP contribution in [0.4, 0.5) is 5.69 Å². The van der Waals surface area contributed by atoms with Crippen molar-refractivity contribution >= 4 is 27.5 Å². The Labute approximate surface area is 99.2 Å². The fourth-order valence-corrected chi connectivity index (χ4v) is 1.59. The van der Waals surface area contributed by atoms with Gasteiger partial charge >= 0.3 is 0 Å². The smallest absolute Gasteiger partial charge is 0.235 e. The fraction of sp³-hybridized carbons (Fsp3) is 0.417. The summed E-state index contributed by atoms with van der Waals surface area (Å²) in [5.41, 5.74) is 3.37. The number of aryl methyl sites for hydroxylation is 2. The second-order valence-electron chi connectivity index (χ2n) is 3.38. The minimum Gasteiger partial charge on any atom is -0.325 e. The van der Waals surface area contributed by atoms with Gasteiger partial charge in [0.2, 0.25) is 5.91 Å². The highest BCUT2D eigenvalue weighted by atomic mass is 79.9. The van der Waals surface area contributed by atoms with Gasteiger partial charge in [-0.1, -0.05) is 41.9 Å². The number of hydrogen-bond donors (Lipinski definition) is 1. The topological polar surface area (TPSA) is 29.1 Å². The maximum absolute atomic E-state index is 11.3. The molecule has 0 atom stereocenters. The first kappa shape index (κ1) is 12.2. The van der Waals surface area contributed by atoms with Gasteiger partial charge in [0.05, 0.1) is 5.33 Å². The second kappa shape index (κ2) is 5.91. The highest BCUT2D eigenvalue weighted by molar-refractivity contribution is 9.09. The van der Waals surface area contributed by atoms with Gasteiger partial charge in [0.15, 0.2) is 0 Å². The van der Waals surface area contributed by atoms with E-state index in [2.05, 4.69) is 53.3 Å². The Morgan fingerprint density at radius 2 is 2.07 bits per heavy atom. The summed E-state index contributed by atoms with van der Waals surface area (Å²) in [6.07, 6.45) is 1.92. The van der Waals surface area contributed by atoms with Gasteiger partial charge in [-0.2, -0.15) is 0 Å². The molecule has 1 N–H and O–H groups in total. The molecule has 0 saturated carbocycles. The second-order valence-corrected chi connectivity index (χ2v) is 3.94. The zero-order valence-corrected chi connectivity index (χ0v) is 10.7. The molecule has 82 valence electrons. The molecule has 0 heterocycles. The lowest BCUT2D eigenvalue weighted by Gasteiger charge is -2.10. The molecule has 0 aliphatic carbocycles. The molecular weight excluding hydrogens is 254 g/mol. The number of carbonyl (C=O) groups excluding carboxylic acids is 1. The third kappa shape index (κ3) is 3.34. The standard InChI is InChI=1S/C12H16BrNO/c1-3-9-5-6-10(4-2)11(7-9)14-12(15)8-13/h5-7H,3-4,8H2,1-2H3,(H,14,15). The van der Waals surface area contributed by atoms with E-state index in [1.54, 1.807) is 0 Å². The van der Waals surface area contributed by atoms with E-state index in [-0.39, 0.29) is 5.91 Å². The lowest BCUT2D eigenvalue weighted by molar-refractivity contribution is -0.113. The van der Waals surface area contributed by atoms with Crippen LogP contribution in [0.15, 0.2) is 18.2 Å². The summed E-state index contributed by atoms with van der Waals surface area (Å²) in [5.74, 6) is -0.00190. The average Bonchev–Trinajstić information content (AvgIpc) is 2.28. The largest absolute Gasteiger partial charge is 0.325 e. The number of anilines is 1. The van der Waals surface area contributed by atoms with E-state index in [1.165, 1.54) is 11.1 Å². The average molecular weight is 270 g/mol. The van der Waals surface area contributed by atoms with Crippen LogP contribution in [0.3, 0.4) is 0 Å². The van der Waals surface area contributed by atoms with E-state index in [1.807, 2.05) is 0 Å². The number of alkyl halides is 1. The third-order valence-electron chi connectivity index (χ3n) is 2.36. The lowest BCUT2D eigenvalue weighted by atomic mass is 10.1. The number of amides is 1. The van der Waals surface area contributed by atoms with Gasteiger partial charge in [-0.05, 0) is 30.0 Å². The number of carbonyl (C=O) groups is 1. The molecule has 3 heteroatoms. The van der Waals surface area contributed by atoms with Crippen molar-refractivity contribution in [2.75, 3.05) is 10.6 Å². The van der Waals surface area contributed by atoms with Crippen LogP contribution in [0.5, 0.6) is 0 Å². The molecule has 0 unspecified atom stereocenters. The van der Waals surface area contributed by atoms with E-state index < -0.39 is 0 Å². The maximum Gasteiger partial charge on any atom is 0.235 e. The van der Waals surface area contributed by atoms with Gasteiger partial charge < -0.3 is 5.32 Å². The zero-order chi connectivity index (χ0) is 11.3. The molecule has 15 heavy (non-hydrogen) atoms. The third-order valence-corrected chi connectivity index (χ3v) is 2.87. The molecule has 1 aromatic carbocycles. The molecule has 0 radical (unpaired) electrons. The van der Waals surface area contributed by atoms with E-state index in [9.17, 15) is 4.79 Å². The predicted octanol–water partition coefficient (Wildman–Crippen LogP) is 3.14. The molecule has 0 aliphatic heterocycles. The van der Waals surface area contributed by atoms with Crippen LogP contribution in [0, 0.1) is 0 Å². The van der Waals surface area contributed by atoms with Crippen LogP contribution >= 0.6 is 15.9 Å². The summed E-state index contributed by atoms with van der Waals surface area (Å²) in [4.78, 5) is 11.3. The van der Waals surface area contributed by atoms with Crippen LogP contribution in [-0.4, -0.2) is 11.2 Å². The molecule has 0 aromatic heterocycles. The van der Waals surface area contributed by atoms with Crippen molar-refractivity contribution in [2.45, 2.75) is 26.7 Å². The summed E-state index contributed by atoms with van der Waals surface area (Å²) in [6, 6.07) is 6.25. The minimum absolute atomic E-state index is 0.00190. The van der Waals surface area contributed by atoms with Crippen LogP contribution in [0.2, 0.25) is 0 Å². The molecular formula is C12H16BrNO. The van der Waals surface area contributed by atoms with Crippen molar-refractivity contribution in [1.82, 2.24) is 0 Å². The predicted molar refractivity (Wildman–Crippen MR) is 67.6 cm³/mol. The molecule has 0 spiro atoms. The Morgan fingerprint density at radius 1 is 1.33 bits per heavy atom. The van der Waals surface area contributed by atoms with Gasteiger partial charge in [0.1, 0.15) is 0 Å². The van der Waals surface area contributed by atoms with Crippen molar-refractivity contribution < 1.29 is 4.79 Å². The molecule has 0 fully saturated rings. The van der Waals surface area contributed by atoms with E-state index in [0.29, 0.717) is 5.33 Å². The molecule has 1 aromatic rings. The van der Waals surface area contributed by atoms with Crippen molar-refractivity contribution in [3.05, 3.63) is 29.3 Å². The Balaban J connectivity index is 2.95. The SMILES string of the molecule is CCc1ccc(CC)c(NC(=O)CBr)c1. The highest BCUT2D eigenvalue weighted by Gasteiger charge is 2.05. The van der Waals surface area contributed by atoms with Gasteiger partial charge in [-0.3, -0.25) is 4.79 Å². The van der Waals surface area contributed by atoms with Crippen molar-refractivity contribution in [3.8, 4) is 0 Å². The summed E-state index contributed by atoms with van der Waals surface area (Å²) in [7, 11) is 0. The van der Waals surface area contributed by atoms with Gasteiger partial charge in [0.25, 0.3) is 0 Å². The van der Waals surface area contributed by atoms with Crippen LogP contribution in [-0.2, 0) is 17.6 Å². The maximum atomic E-state index is 11.3. The molecule has 1 rings (SSSR count). The van der Waals surface area contributed by atoms with E-state index in [0.717, 1.165) is 18.5 Å². The molecule has 0 bridgehead atoms. The molecule has 0 saturated heterocycles. The number of hydrogen-bond acceptors (Lipinski definition) is 1. The molecule has 0 aliphatic rings. The first-order valence-corrected chi connectivity index (χ1v) is 6.31. The first-order valence-electron chi connectivity index (χ1n) is 5.18. The summed E-state index contributed by atoms with van der Waals surface area (Å²) in [6.45, 7) is 4.20. The normalized spacial score (nSPS) is 10.1. The number of nitrogens with one attached hydrogen (secondary N) is 1. The van der Waals surface area contributed by atoms with Crippen LogP contribution in [0.1, 0.15) is 25.0 Å². The molecule has 2 nitrogen and oxygen atoms in total. The van der Waals surface area contributed by atoms with Crippen LogP contribution < -0.4 is 5.32 Å². The Bertz CT molecular complexity index is 349. The van der Waals surface area contributed by atoms with Crippen molar-refractivity contribution in [3.63, 3.8) is 0 Å². The van der Waals surface area contributed by atoms with Gasteiger partial charge in [-0.25, -0.2) is 0 Å². The Hall–Kier alpha value is -0.830. The van der Waals surface area contributed by atoms with Crippen molar-refractivity contribution in [1.29, 1.82) is 0 Å². The Morgan fingerprint density at radius 3 is 2.60 bits per heavy atom.